The zero-order valence-electron chi connectivity index (χ0n) is 13.4. The Morgan fingerprint density at radius 2 is 2.18 bits per heavy atom. The first-order valence-corrected chi connectivity index (χ1v) is 7.58. The molecule has 0 aromatic carbocycles. The van der Waals surface area contributed by atoms with Gasteiger partial charge in [-0.25, -0.2) is 4.79 Å². The van der Waals surface area contributed by atoms with Crippen molar-refractivity contribution in [1.29, 1.82) is 0 Å². The smallest absolute Gasteiger partial charge is 0.410 e. The highest BCUT2D eigenvalue weighted by Gasteiger charge is 2.39. The summed E-state index contributed by atoms with van der Waals surface area (Å²) in [6.07, 6.45) is 0.855. The van der Waals surface area contributed by atoms with Crippen molar-refractivity contribution in [2.75, 3.05) is 26.2 Å². The topological polar surface area (TPSA) is 98.6 Å². The Labute approximate surface area is 130 Å². The average Bonchev–Trinajstić information content (AvgIpc) is 3.00. The Morgan fingerprint density at radius 3 is 2.82 bits per heavy atom. The van der Waals surface area contributed by atoms with Crippen molar-refractivity contribution in [3.05, 3.63) is 10.4 Å². The molecule has 0 radical (unpaired) electrons. The van der Waals surface area contributed by atoms with Crippen LogP contribution in [0.3, 0.4) is 0 Å². The van der Waals surface area contributed by atoms with Gasteiger partial charge in [0.05, 0.1) is 6.04 Å². The van der Waals surface area contributed by atoms with Gasteiger partial charge >= 0.3 is 6.09 Å². The fourth-order valence-corrected chi connectivity index (χ4v) is 2.92. The molecule has 0 spiro atoms. The number of hydrogen-bond donors (Lipinski definition) is 0. The summed E-state index contributed by atoms with van der Waals surface area (Å²) in [5.41, 5.74) is 7.85. The number of carbonyl (C=O) groups is 2. The maximum atomic E-state index is 12.1. The number of azide groups is 1. The summed E-state index contributed by atoms with van der Waals surface area (Å²) in [7, 11) is 0. The molecular weight excluding hydrogens is 286 g/mol. The number of nitrogens with zero attached hydrogens (tertiary/aromatic N) is 5. The van der Waals surface area contributed by atoms with Crippen LogP contribution in [0.1, 0.15) is 33.6 Å². The van der Waals surface area contributed by atoms with Gasteiger partial charge in [-0.3, -0.25) is 4.79 Å². The van der Waals surface area contributed by atoms with Crippen molar-refractivity contribution in [2.45, 2.75) is 45.3 Å². The van der Waals surface area contributed by atoms with Crippen LogP contribution in [0.15, 0.2) is 5.11 Å². The Bertz CT molecular complexity index is 495. The van der Waals surface area contributed by atoms with Crippen molar-refractivity contribution in [2.24, 2.45) is 11.0 Å². The van der Waals surface area contributed by atoms with Gasteiger partial charge in [0.2, 0.25) is 5.91 Å². The van der Waals surface area contributed by atoms with Gasteiger partial charge in [0.1, 0.15) is 5.60 Å². The molecule has 2 saturated heterocycles. The van der Waals surface area contributed by atoms with E-state index >= 15 is 0 Å². The highest BCUT2D eigenvalue weighted by molar-refractivity contribution is 5.79. The molecule has 122 valence electrons. The normalized spacial score (nSPS) is 25.3. The third kappa shape index (κ3) is 4.04. The van der Waals surface area contributed by atoms with E-state index in [0.717, 1.165) is 6.42 Å². The Kier molecular flexibility index (Phi) is 4.81. The minimum atomic E-state index is -0.515. The van der Waals surface area contributed by atoms with E-state index in [9.17, 15) is 9.59 Å². The minimum Gasteiger partial charge on any atom is -0.444 e. The fourth-order valence-electron chi connectivity index (χ4n) is 2.92. The van der Waals surface area contributed by atoms with Crippen molar-refractivity contribution in [1.82, 2.24) is 9.80 Å². The lowest BCUT2D eigenvalue weighted by atomic mass is 10.1. The molecule has 0 N–H and O–H groups in total. The third-order valence-corrected chi connectivity index (χ3v) is 3.90. The van der Waals surface area contributed by atoms with Crippen LogP contribution in [0.2, 0.25) is 0 Å². The molecule has 2 aliphatic heterocycles. The molecule has 8 nitrogen and oxygen atoms in total. The van der Waals surface area contributed by atoms with Crippen molar-refractivity contribution in [3.63, 3.8) is 0 Å². The van der Waals surface area contributed by atoms with E-state index in [1.165, 1.54) is 0 Å². The summed E-state index contributed by atoms with van der Waals surface area (Å²) in [6.45, 7) is 7.57. The number of likely N-dealkylation sites (tertiary alicyclic amines) is 2. The van der Waals surface area contributed by atoms with Gasteiger partial charge in [-0.1, -0.05) is 5.11 Å². The Balaban J connectivity index is 1.89. The van der Waals surface area contributed by atoms with Gasteiger partial charge in [-0.05, 0) is 38.6 Å². The van der Waals surface area contributed by atoms with Crippen LogP contribution >= 0.6 is 0 Å². The molecule has 2 amide bonds. The molecule has 2 heterocycles. The molecule has 2 rings (SSSR count). The molecule has 0 aromatic rings. The first-order chi connectivity index (χ1) is 10.3. The van der Waals surface area contributed by atoms with Crippen molar-refractivity contribution >= 4 is 12.0 Å². The van der Waals surface area contributed by atoms with E-state index in [1.54, 1.807) is 4.90 Å². The summed E-state index contributed by atoms with van der Waals surface area (Å²) in [5.74, 6) is 0.160. The quantitative estimate of drug-likeness (QED) is 0.453. The largest absolute Gasteiger partial charge is 0.444 e. The summed E-state index contributed by atoms with van der Waals surface area (Å²) >= 11 is 0. The summed E-state index contributed by atoms with van der Waals surface area (Å²) in [4.78, 5) is 30.4. The summed E-state index contributed by atoms with van der Waals surface area (Å²) < 4.78 is 5.36. The average molecular weight is 309 g/mol. The second kappa shape index (κ2) is 6.44. The number of amides is 2. The van der Waals surface area contributed by atoms with Crippen LogP contribution in [-0.4, -0.2) is 59.6 Å². The predicted molar refractivity (Wildman–Crippen MR) is 80.0 cm³/mol. The van der Waals surface area contributed by atoms with Gasteiger partial charge < -0.3 is 14.5 Å². The first-order valence-electron chi connectivity index (χ1n) is 7.58. The van der Waals surface area contributed by atoms with Crippen molar-refractivity contribution in [3.8, 4) is 0 Å². The minimum absolute atomic E-state index is 0.0380. The standard InChI is InChI=1S/C14H23N5O3/c1-14(2,3)22-13(21)18-5-4-11(9-18)19-8-10(6-12(19)20)7-16-17-15/h10-11H,4-9H2,1-3H3/t10?,11-/m1/s1. The fraction of sp³-hybridized carbons (Fsp3) is 0.857. The number of carbonyl (C=O) groups excluding carboxylic acids is 2. The monoisotopic (exact) mass is 309 g/mol. The number of ether oxygens (including phenoxy) is 1. The highest BCUT2D eigenvalue weighted by atomic mass is 16.6. The molecule has 2 atom stereocenters. The van der Waals surface area contributed by atoms with Crippen LogP contribution in [0, 0.1) is 5.92 Å². The maximum absolute atomic E-state index is 12.1. The van der Waals surface area contributed by atoms with Crippen molar-refractivity contribution < 1.29 is 14.3 Å². The van der Waals surface area contributed by atoms with E-state index in [2.05, 4.69) is 10.0 Å². The molecule has 2 fully saturated rings. The lowest BCUT2D eigenvalue weighted by molar-refractivity contribution is -0.129. The summed E-state index contributed by atoms with van der Waals surface area (Å²) in [5, 5.41) is 3.55. The van der Waals surface area contributed by atoms with Crippen LogP contribution in [0.4, 0.5) is 4.79 Å². The van der Waals surface area contributed by atoms with E-state index < -0.39 is 5.60 Å². The predicted octanol–water partition coefficient (Wildman–Crippen LogP) is 2.15. The van der Waals surface area contributed by atoms with Gasteiger partial charge in [-0.2, -0.15) is 0 Å². The van der Waals surface area contributed by atoms with Gasteiger partial charge in [0.15, 0.2) is 0 Å². The SMILES string of the molecule is CC(C)(C)OC(=O)N1CC[C@@H](N2CC(CN=[N+]=[N-])CC2=O)C1. The second-order valence-corrected chi connectivity index (χ2v) is 6.90. The highest BCUT2D eigenvalue weighted by Crippen LogP contribution is 2.26. The van der Waals surface area contributed by atoms with Crippen LogP contribution in [0.5, 0.6) is 0 Å². The lowest BCUT2D eigenvalue weighted by Crippen LogP contribution is -2.41. The molecule has 0 bridgehead atoms. The van der Waals surface area contributed by atoms with Crippen LogP contribution < -0.4 is 0 Å². The van der Waals surface area contributed by atoms with E-state index in [4.69, 9.17) is 10.3 Å². The molecule has 0 aliphatic carbocycles. The molecule has 0 aromatic heterocycles. The number of rotatable bonds is 3. The van der Waals surface area contributed by atoms with Gasteiger partial charge in [-0.15, -0.1) is 0 Å². The molecular formula is C14H23N5O3. The van der Waals surface area contributed by atoms with E-state index in [1.807, 2.05) is 25.7 Å². The molecule has 1 unspecified atom stereocenters. The maximum Gasteiger partial charge on any atom is 0.410 e. The molecule has 22 heavy (non-hydrogen) atoms. The zero-order valence-corrected chi connectivity index (χ0v) is 13.4. The van der Waals surface area contributed by atoms with E-state index in [-0.39, 0.29) is 24.0 Å². The summed E-state index contributed by atoms with van der Waals surface area (Å²) in [6, 6.07) is 0.0380. The molecule has 8 heteroatoms. The zero-order chi connectivity index (χ0) is 16.3. The third-order valence-electron chi connectivity index (χ3n) is 3.90. The second-order valence-electron chi connectivity index (χ2n) is 6.90. The Hall–Kier alpha value is -1.95. The molecule has 0 saturated carbocycles. The molecule has 2 aliphatic rings. The lowest BCUT2D eigenvalue weighted by Gasteiger charge is -2.26. The van der Waals surface area contributed by atoms with Gasteiger partial charge in [0, 0.05) is 37.5 Å². The Morgan fingerprint density at radius 1 is 1.45 bits per heavy atom. The number of hydrogen-bond acceptors (Lipinski definition) is 4. The van der Waals surface area contributed by atoms with Crippen LogP contribution in [0.25, 0.3) is 10.4 Å². The first kappa shape index (κ1) is 16.4. The van der Waals surface area contributed by atoms with E-state index in [0.29, 0.717) is 32.6 Å². The van der Waals surface area contributed by atoms with Gasteiger partial charge in [0.25, 0.3) is 0 Å². The van der Waals surface area contributed by atoms with Crippen LogP contribution in [-0.2, 0) is 9.53 Å².